The lowest BCUT2D eigenvalue weighted by molar-refractivity contribution is 0.0957. The van der Waals surface area contributed by atoms with Crippen LogP contribution in [-0.4, -0.2) is 39.0 Å². The molecule has 2 heterocycles. The number of aromatic nitrogens is 4. The van der Waals surface area contributed by atoms with Gasteiger partial charge in [-0.25, -0.2) is 4.98 Å². The summed E-state index contributed by atoms with van der Waals surface area (Å²) in [6, 6.07) is 15.5. The van der Waals surface area contributed by atoms with E-state index in [1.54, 1.807) is 36.4 Å². The van der Waals surface area contributed by atoms with Crippen LogP contribution < -0.4 is 15.4 Å². The summed E-state index contributed by atoms with van der Waals surface area (Å²) in [6.45, 7) is 1.91. The monoisotopic (exact) mass is 414 g/mol. The zero-order valence-electron chi connectivity index (χ0n) is 16.8. The maximum atomic E-state index is 12.4. The number of pyridine rings is 1. The van der Waals surface area contributed by atoms with Gasteiger partial charge in [-0.15, -0.1) is 10.2 Å². The number of amides is 2. The molecule has 0 aliphatic heterocycles. The smallest absolute Gasteiger partial charge is 0.269 e. The largest absolute Gasteiger partial charge is 0.457 e. The molecule has 31 heavy (non-hydrogen) atoms. The van der Waals surface area contributed by atoms with Gasteiger partial charge in [-0.1, -0.05) is 17.7 Å². The number of carbonyl (C=O) groups excluding carboxylic acids is 2. The van der Waals surface area contributed by atoms with Gasteiger partial charge in [0.25, 0.3) is 11.8 Å². The van der Waals surface area contributed by atoms with E-state index >= 15 is 0 Å². The molecule has 0 aliphatic rings. The van der Waals surface area contributed by atoms with E-state index in [0.717, 1.165) is 5.56 Å². The van der Waals surface area contributed by atoms with Crippen molar-refractivity contribution in [1.82, 2.24) is 25.5 Å². The number of fused-ring (bicyclic) bond motifs is 1. The summed E-state index contributed by atoms with van der Waals surface area (Å²) in [5, 5.41) is 13.3. The summed E-state index contributed by atoms with van der Waals surface area (Å²) < 4.78 is 5.80. The molecule has 4 rings (SSSR count). The topological polar surface area (TPSA) is 119 Å². The lowest BCUT2D eigenvalue weighted by Gasteiger charge is -2.08. The summed E-state index contributed by atoms with van der Waals surface area (Å²) in [4.78, 5) is 32.4. The normalized spacial score (nSPS) is 10.5. The van der Waals surface area contributed by atoms with Gasteiger partial charge in [-0.05, 0) is 37.3 Å². The highest BCUT2D eigenvalue weighted by Gasteiger charge is 2.11. The highest BCUT2D eigenvalue weighted by molar-refractivity contribution is 6.03. The molecule has 0 saturated heterocycles. The molecule has 0 radical (unpaired) electrons. The van der Waals surface area contributed by atoms with Crippen molar-refractivity contribution in [3.05, 3.63) is 77.6 Å². The van der Waals surface area contributed by atoms with Crippen molar-refractivity contribution in [2.24, 2.45) is 0 Å². The third-order valence-corrected chi connectivity index (χ3v) is 4.36. The Hall–Kier alpha value is -4.40. The van der Waals surface area contributed by atoms with Gasteiger partial charge >= 0.3 is 0 Å². The fourth-order valence-electron chi connectivity index (χ4n) is 2.85. The minimum absolute atomic E-state index is 0.108. The molecule has 0 spiro atoms. The second-order valence-electron chi connectivity index (χ2n) is 6.67. The van der Waals surface area contributed by atoms with Gasteiger partial charge in [-0.3, -0.25) is 19.9 Å². The zero-order chi connectivity index (χ0) is 21.8. The molecule has 9 nitrogen and oxygen atoms in total. The first kappa shape index (κ1) is 19.9. The van der Waals surface area contributed by atoms with E-state index in [1.807, 2.05) is 19.1 Å². The molecule has 9 heteroatoms. The van der Waals surface area contributed by atoms with Crippen molar-refractivity contribution in [3.63, 3.8) is 0 Å². The summed E-state index contributed by atoms with van der Waals surface area (Å²) >= 11 is 0. The minimum atomic E-state index is -0.311. The standard InChI is InChI=1S/C22H18N6O3/c1-13-4-3-5-14(10-13)20(29)26-22-25-17-7-6-15(11-18(17)27-28-22)31-16-8-9-24-19(12-16)21(30)23-2/h3-12H,1-2H3,(H,23,30)(H,25,26,28,29). The Kier molecular flexibility index (Phi) is 5.48. The van der Waals surface area contributed by atoms with E-state index in [9.17, 15) is 9.59 Å². The van der Waals surface area contributed by atoms with E-state index in [0.29, 0.717) is 28.1 Å². The van der Waals surface area contributed by atoms with Gasteiger partial charge in [0.1, 0.15) is 22.7 Å². The highest BCUT2D eigenvalue weighted by atomic mass is 16.5. The van der Waals surface area contributed by atoms with Crippen molar-refractivity contribution < 1.29 is 14.3 Å². The average Bonchev–Trinajstić information content (AvgIpc) is 2.78. The van der Waals surface area contributed by atoms with Crippen LogP contribution in [-0.2, 0) is 0 Å². The molecule has 0 saturated carbocycles. The summed E-state index contributed by atoms with van der Waals surface area (Å²) in [5.41, 5.74) is 2.78. The molecule has 2 aromatic heterocycles. The second-order valence-corrected chi connectivity index (χ2v) is 6.67. The third-order valence-electron chi connectivity index (χ3n) is 4.36. The molecule has 0 unspecified atom stereocenters. The summed E-state index contributed by atoms with van der Waals surface area (Å²) in [7, 11) is 1.53. The summed E-state index contributed by atoms with van der Waals surface area (Å²) in [5.74, 6) is 0.441. The van der Waals surface area contributed by atoms with Gasteiger partial charge in [0.15, 0.2) is 0 Å². The predicted octanol–water partition coefficient (Wildman–Crippen LogP) is 3.13. The number of nitrogens with zero attached hydrogens (tertiary/aromatic N) is 4. The molecule has 0 fully saturated rings. The Balaban J connectivity index is 1.52. The van der Waals surface area contributed by atoms with E-state index in [2.05, 4.69) is 30.8 Å². The third kappa shape index (κ3) is 4.61. The van der Waals surface area contributed by atoms with Crippen LogP contribution in [0.1, 0.15) is 26.4 Å². The van der Waals surface area contributed by atoms with Gasteiger partial charge in [0.2, 0.25) is 5.95 Å². The number of anilines is 1. The van der Waals surface area contributed by atoms with E-state index in [1.165, 1.54) is 19.3 Å². The fourth-order valence-corrected chi connectivity index (χ4v) is 2.85. The SMILES string of the molecule is CNC(=O)c1cc(Oc2ccc3nc(NC(=O)c4cccc(C)c4)nnc3c2)ccn1. The molecule has 0 bridgehead atoms. The first-order chi connectivity index (χ1) is 15.0. The van der Waals surface area contributed by atoms with Crippen LogP contribution in [0.4, 0.5) is 5.95 Å². The lowest BCUT2D eigenvalue weighted by Crippen LogP contribution is -2.18. The number of aryl methyl sites for hydroxylation is 1. The van der Waals surface area contributed by atoms with Crippen LogP contribution in [0, 0.1) is 6.92 Å². The van der Waals surface area contributed by atoms with Crippen molar-refractivity contribution in [3.8, 4) is 11.5 Å². The molecule has 2 N–H and O–H groups in total. The van der Waals surface area contributed by atoms with Crippen LogP contribution >= 0.6 is 0 Å². The van der Waals surface area contributed by atoms with Crippen molar-refractivity contribution in [1.29, 1.82) is 0 Å². The van der Waals surface area contributed by atoms with Gasteiger partial charge in [-0.2, -0.15) is 0 Å². The first-order valence-electron chi connectivity index (χ1n) is 9.40. The molecule has 2 amide bonds. The highest BCUT2D eigenvalue weighted by Crippen LogP contribution is 2.24. The number of hydrogen-bond acceptors (Lipinski definition) is 7. The number of hydrogen-bond donors (Lipinski definition) is 2. The second kappa shape index (κ2) is 8.54. The minimum Gasteiger partial charge on any atom is -0.457 e. The Morgan fingerprint density at radius 3 is 2.55 bits per heavy atom. The van der Waals surface area contributed by atoms with Gasteiger partial charge in [0.05, 0.1) is 5.52 Å². The number of benzene rings is 2. The fraction of sp³-hybridized carbons (Fsp3) is 0.0909. The predicted molar refractivity (Wildman–Crippen MR) is 114 cm³/mol. The molecular weight excluding hydrogens is 396 g/mol. The van der Waals surface area contributed by atoms with Gasteiger partial charge < -0.3 is 10.1 Å². The van der Waals surface area contributed by atoms with E-state index < -0.39 is 0 Å². The number of carbonyl (C=O) groups is 2. The van der Waals surface area contributed by atoms with E-state index in [4.69, 9.17) is 4.74 Å². The number of nitrogens with one attached hydrogen (secondary N) is 2. The molecule has 4 aromatic rings. The van der Waals surface area contributed by atoms with Crippen LogP contribution in [0.15, 0.2) is 60.8 Å². The summed E-state index contributed by atoms with van der Waals surface area (Å²) in [6.07, 6.45) is 1.49. The Morgan fingerprint density at radius 1 is 0.903 bits per heavy atom. The Labute approximate surface area is 177 Å². The number of ether oxygens (including phenoxy) is 1. The van der Waals surface area contributed by atoms with E-state index in [-0.39, 0.29) is 23.5 Å². The van der Waals surface area contributed by atoms with Crippen LogP contribution in [0.2, 0.25) is 0 Å². The van der Waals surface area contributed by atoms with Crippen molar-refractivity contribution in [2.75, 3.05) is 12.4 Å². The van der Waals surface area contributed by atoms with Gasteiger partial charge in [0, 0.05) is 30.9 Å². The average molecular weight is 414 g/mol. The molecular formula is C22H18N6O3. The van der Waals surface area contributed by atoms with Crippen LogP contribution in [0.3, 0.4) is 0 Å². The zero-order valence-corrected chi connectivity index (χ0v) is 16.8. The van der Waals surface area contributed by atoms with Crippen molar-refractivity contribution >= 4 is 28.8 Å². The van der Waals surface area contributed by atoms with Crippen LogP contribution in [0.5, 0.6) is 11.5 Å². The van der Waals surface area contributed by atoms with Crippen molar-refractivity contribution in [2.45, 2.75) is 6.92 Å². The number of rotatable bonds is 5. The maximum Gasteiger partial charge on any atom is 0.269 e. The molecule has 0 aliphatic carbocycles. The quantitative estimate of drug-likeness (QED) is 0.515. The Morgan fingerprint density at radius 2 is 1.74 bits per heavy atom. The lowest BCUT2D eigenvalue weighted by atomic mass is 10.1. The first-order valence-corrected chi connectivity index (χ1v) is 9.40. The van der Waals surface area contributed by atoms with Crippen LogP contribution in [0.25, 0.3) is 11.0 Å². The Bertz CT molecular complexity index is 1290. The molecule has 0 atom stereocenters. The maximum absolute atomic E-state index is 12.4. The molecule has 154 valence electrons. The molecule has 2 aromatic carbocycles.